The molecule has 5 nitrogen and oxygen atoms in total. The second kappa shape index (κ2) is 13.9. The Morgan fingerprint density at radius 2 is 1.19 bits per heavy atom. The number of ether oxygens (including phenoxy) is 1. The third-order valence-electron chi connectivity index (χ3n) is 11.0. The maximum atomic E-state index is 8.89. The third-order valence-corrected chi connectivity index (χ3v) is 11.0. The highest BCUT2D eigenvalue weighted by molar-refractivity contribution is 6.09. The molecule has 0 aliphatic carbocycles. The second-order valence-corrected chi connectivity index (χ2v) is 15.6. The molecular weight excluding hydrogens is 697 g/mol. The summed E-state index contributed by atoms with van der Waals surface area (Å²) in [5.41, 5.74) is 11.9. The highest BCUT2D eigenvalue weighted by atomic mass is 16.5. The molecule has 0 N–H and O–H groups in total. The molecule has 0 fully saturated rings. The summed E-state index contributed by atoms with van der Waals surface area (Å²) in [5.74, 6) is 2.38. The molecule has 1 aliphatic heterocycles. The molecule has 5 heteroatoms. The molecule has 7 aromatic carbocycles. The van der Waals surface area contributed by atoms with Gasteiger partial charge in [-0.25, -0.2) is 4.98 Å². The van der Waals surface area contributed by atoms with Crippen molar-refractivity contribution in [2.45, 2.75) is 26.2 Å². The van der Waals surface area contributed by atoms with Gasteiger partial charge >= 0.3 is 0 Å². The molecule has 0 saturated heterocycles. The Labute approximate surface area is 335 Å². The van der Waals surface area contributed by atoms with Crippen molar-refractivity contribution in [1.82, 2.24) is 9.55 Å². The first-order valence-electron chi connectivity index (χ1n) is 20.0. The largest absolute Gasteiger partial charge is 0.457 e. The summed E-state index contributed by atoms with van der Waals surface area (Å²) in [6.45, 7) is 7.27. The normalized spacial score (nSPS) is 12.9. The van der Waals surface area contributed by atoms with Crippen molar-refractivity contribution < 1.29 is 6.11 Å². The summed E-state index contributed by atoms with van der Waals surface area (Å²) >= 11 is 0. The predicted octanol–water partition coefficient (Wildman–Crippen LogP) is 13.8. The van der Waals surface area contributed by atoms with Gasteiger partial charge in [0.15, 0.2) is 0 Å². The van der Waals surface area contributed by atoms with Crippen molar-refractivity contribution in [2.24, 2.45) is 0 Å². The van der Waals surface area contributed by atoms with Gasteiger partial charge in [0.25, 0.3) is 0 Å². The van der Waals surface area contributed by atoms with Gasteiger partial charge < -0.3 is 14.5 Å². The number of hydrogen-bond donors (Lipinski definition) is 0. The van der Waals surface area contributed by atoms with E-state index in [9.17, 15) is 0 Å². The van der Waals surface area contributed by atoms with E-state index in [0.29, 0.717) is 12.7 Å². The van der Waals surface area contributed by atoms with Crippen LogP contribution in [0.4, 0.5) is 22.7 Å². The quantitative estimate of drug-likeness (QED) is 0.163. The van der Waals surface area contributed by atoms with Crippen molar-refractivity contribution in [3.8, 4) is 39.6 Å². The predicted molar refractivity (Wildman–Crippen MR) is 237 cm³/mol. The van der Waals surface area contributed by atoms with Gasteiger partial charge in [0, 0.05) is 45.9 Å². The van der Waals surface area contributed by atoms with Crippen molar-refractivity contribution in [2.75, 3.05) is 16.5 Å². The summed E-state index contributed by atoms with van der Waals surface area (Å²) in [6, 6.07) is 61.4. The Morgan fingerprint density at radius 1 is 0.561 bits per heavy atom. The number of fused-ring (bicyclic) bond motifs is 4. The van der Waals surface area contributed by atoms with E-state index in [0.717, 1.165) is 78.7 Å². The van der Waals surface area contributed by atoms with E-state index in [4.69, 9.17) is 11.1 Å². The fourth-order valence-electron chi connectivity index (χ4n) is 8.20. The Bertz CT molecular complexity index is 2910. The fraction of sp³-hybridized carbons (Fsp3) is 0.0962. The Balaban J connectivity index is 1.04. The number of pyridine rings is 1. The number of nitrogens with zero attached hydrogens (tertiary/aromatic N) is 4. The van der Waals surface area contributed by atoms with E-state index in [2.05, 4.69) is 181 Å². The first-order valence-corrected chi connectivity index (χ1v) is 19.5. The van der Waals surface area contributed by atoms with Crippen LogP contribution in [0.3, 0.4) is 0 Å². The van der Waals surface area contributed by atoms with Crippen LogP contribution in [0, 0.1) is 0 Å². The molecule has 0 radical (unpaired) electrons. The highest BCUT2D eigenvalue weighted by Gasteiger charge is 2.31. The van der Waals surface area contributed by atoms with Crippen LogP contribution in [0.15, 0.2) is 188 Å². The molecule has 9 aromatic rings. The van der Waals surface area contributed by atoms with Crippen LogP contribution in [0.5, 0.6) is 11.5 Å². The Morgan fingerprint density at radius 3 is 1.91 bits per heavy atom. The molecule has 0 spiro atoms. The van der Waals surface area contributed by atoms with E-state index in [1.54, 1.807) is 0 Å². The first kappa shape index (κ1) is 33.2. The minimum absolute atomic E-state index is 0.0103. The molecule has 57 heavy (non-hydrogen) atoms. The van der Waals surface area contributed by atoms with Crippen LogP contribution >= 0.6 is 0 Å². The lowest BCUT2D eigenvalue weighted by atomic mass is 9.88. The van der Waals surface area contributed by atoms with E-state index < -0.39 is 0 Å². The monoisotopic (exact) mass is 739 g/mol. The van der Waals surface area contributed by atoms with E-state index in [-0.39, 0.29) is 5.41 Å². The lowest BCUT2D eigenvalue weighted by molar-refractivity contribution is 0.483. The summed E-state index contributed by atoms with van der Waals surface area (Å²) < 4.78 is 17.9. The molecular formula is C52H42N4O. The molecule has 0 amide bonds. The van der Waals surface area contributed by atoms with Crippen LogP contribution < -0.4 is 14.5 Å². The maximum Gasteiger partial charge on any atom is 0.137 e. The third kappa shape index (κ3) is 6.18. The summed E-state index contributed by atoms with van der Waals surface area (Å²) in [6.07, 6.45) is 1.91. The van der Waals surface area contributed by atoms with Gasteiger partial charge in [0.2, 0.25) is 0 Å². The number of rotatable bonds is 7. The Hall–Kier alpha value is -7.11. The number of hydrogen-bond acceptors (Lipinski definition) is 4. The van der Waals surface area contributed by atoms with Crippen molar-refractivity contribution in [3.63, 3.8) is 0 Å². The number of aromatic nitrogens is 2. The first-order chi connectivity index (χ1) is 28.3. The number of para-hydroxylation sites is 4. The van der Waals surface area contributed by atoms with E-state index in [1.807, 2.05) is 36.5 Å². The number of benzene rings is 7. The van der Waals surface area contributed by atoms with Crippen molar-refractivity contribution >= 4 is 44.6 Å². The van der Waals surface area contributed by atoms with Gasteiger partial charge in [-0.05, 0) is 76.7 Å². The molecule has 0 atom stereocenters. The maximum absolute atomic E-state index is 8.89. The van der Waals surface area contributed by atoms with Crippen LogP contribution in [0.25, 0.3) is 49.9 Å². The van der Waals surface area contributed by atoms with Gasteiger partial charge in [-0.1, -0.05) is 136 Å². The second-order valence-electron chi connectivity index (χ2n) is 15.6. The summed E-state index contributed by atoms with van der Waals surface area (Å²) in [7, 11) is 0. The van der Waals surface area contributed by atoms with Crippen LogP contribution in [0.2, 0.25) is 0 Å². The van der Waals surface area contributed by atoms with Crippen LogP contribution in [-0.2, 0) is 5.41 Å². The van der Waals surface area contributed by atoms with Crippen LogP contribution in [-0.4, -0.2) is 16.2 Å². The van der Waals surface area contributed by atoms with Gasteiger partial charge in [0.1, 0.15) is 24.0 Å². The molecule has 1 aliphatic rings. The van der Waals surface area contributed by atoms with Gasteiger partial charge in [-0.2, -0.15) is 0 Å². The van der Waals surface area contributed by atoms with Gasteiger partial charge in [-0.3, -0.25) is 4.57 Å². The summed E-state index contributed by atoms with van der Waals surface area (Å²) in [5, 5.41) is 2.33. The van der Waals surface area contributed by atoms with E-state index >= 15 is 0 Å². The zero-order valence-electron chi connectivity index (χ0n) is 33.2. The molecule has 276 valence electrons. The van der Waals surface area contributed by atoms with E-state index in [1.165, 1.54) is 10.9 Å². The average Bonchev–Trinajstić information content (AvgIpc) is 3.80. The molecule has 10 rings (SSSR count). The Kier molecular flexibility index (Phi) is 8.09. The van der Waals surface area contributed by atoms with Gasteiger partial charge in [-0.15, -0.1) is 0 Å². The average molecular weight is 740 g/mol. The zero-order chi connectivity index (χ0) is 39.4. The number of anilines is 4. The molecule has 0 saturated carbocycles. The lowest BCUT2D eigenvalue weighted by Gasteiger charge is -2.27. The van der Waals surface area contributed by atoms with Crippen molar-refractivity contribution in [1.29, 1.82) is 0 Å². The lowest BCUT2D eigenvalue weighted by Crippen LogP contribution is -2.24. The topological polar surface area (TPSA) is 33.5 Å². The smallest absolute Gasteiger partial charge is 0.137 e. The van der Waals surface area contributed by atoms with Gasteiger partial charge in [0.05, 0.1) is 29.5 Å². The SMILES string of the molecule is [2H]c1cc(-c2ccccc2)c(N2CN(c3cccc(Oc4ccc5c6ccccc6n(-c6cc(C(C)(C)C)ccn6)c5c4)c3)c3ccccc32)c(-c2ccccc2)c1. The minimum atomic E-state index is -0.0103. The molecule has 2 aromatic heterocycles. The standard InChI is InChI=1S/C52H42N4O/c1-52(2,3)38-30-31-53-50(32-38)56-46-25-11-10-22-44(46)45-29-28-41(34-49(45)56)57-40-21-14-20-39(33-40)54-35-55(48-27-13-12-26-47(48)54)51-42(36-16-6-4-7-17-36)23-15-24-43(51)37-18-8-5-9-19-37/h4-34H,35H2,1-3H3/i15D. The highest BCUT2D eigenvalue weighted by Crippen LogP contribution is 2.50. The molecule has 0 bridgehead atoms. The van der Waals surface area contributed by atoms with Crippen molar-refractivity contribution in [3.05, 3.63) is 194 Å². The molecule has 0 unspecified atom stereocenters. The molecule has 3 heterocycles. The zero-order valence-corrected chi connectivity index (χ0v) is 32.2. The fourth-order valence-corrected chi connectivity index (χ4v) is 8.20. The van der Waals surface area contributed by atoms with Crippen LogP contribution in [0.1, 0.15) is 27.7 Å². The summed E-state index contributed by atoms with van der Waals surface area (Å²) in [4.78, 5) is 9.60. The minimum Gasteiger partial charge on any atom is -0.457 e.